The summed E-state index contributed by atoms with van der Waals surface area (Å²) >= 11 is 0. The molecule has 17 heavy (non-hydrogen) atoms. The number of hydrogen-bond acceptors (Lipinski definition) is 4. The molecule has 2 N–H and O–H groups in total. The van der Waals surface area contributed by atoms with Crippen molar-refractivity contribution in [3.05, 3.63) is 17.6 Å². The van der Waals surface area contributed by atoms with Crippen LogP contribution < -0.4 is 5.32 Å². The van der Waals surface area contributed by atoms with E-state index in [1.807, 2.05) is 13.8 Å². The van der Waals surface area contributed by atoms with Gasteiger partial charge in [0.05, 0.1) is 23.2 Å². The smallest absolute Gasteiger partial charge is 0.144 e. The van der Waals surface area contributed by atoms with Crippen LogP contribution in [0.25, 0.3) is 0 Å². The number of nitrogens with zero attached hydrogens (tertiary/aromatic N) is 2. The first-order valence-electron chi connectivity index (χ1n) is 6.36. The van der Waals surface area contributed by atoms with Crippen molar-refractivity contribution in [2.24, 2.45) is 0 Å². The van der Waals surface area contributed by atoms with Crippen LogP contribution in [0, 0.1) is 13.8 Å². The van der Waals surface area contributed by atoms with Crippen molar-refractivity contribution in [1.82, 2.24) is 9.97 Å². The number of aryl methyl sites for hydroxylation is 2. The lowest BCUT2D eigenvalue weighted by atomic mass is 9.85. The zero-order valence-electron chi connectivity index (χ0n) is 10.7. The summed E-state index contributed by atoms with van der Waals surface area (Å²) in [5, 5.41) is 13.5. The summed E-state index contributed by atoms with van der Waals surface area (Å²) in [6.45, 7) is 4.47. The van der Waals surface area contributed by atoms with Gasteiger partial charge in [-0.1, -0.05) is 19.3 Å². The average molecular weight is 235 g/mol. The Morgan fingerprint density at radius 1 is 1.24 bits per heavy atom. The van der Waals surface area contributed by atoms with E-state index < -0.39 is 5.60 Å². The molecule has 0 radical (unpaired) electrons. The minimum atomic E-state index is -0.557. The molecule has 1 aliphatic carbocycles. The van der Waals surface area contributed by atoms with E-state index >= 15 is 0 Å². The highest BCUT2D eigenvalue weighted by Crippen LogP contribution is 2.28. The Morgan fingerprint density at radius 3 is 2.59 bits per heavy atom. The summed E-state index contributed by atoms with van der Waals surface area (Å²) in [7, 11) is 0. The summed E-state index contributed by atoms with van der Waals surface area (Å²) in [6, 6.07) is 0. The first-order chi connectivity index (χ1) is 8.09. The molecule has 4 nitrogen and oxygen atoms in total. The molecular formula is C13H21N3O. The van der Waals surface area contributed by atoms with Crippen molar-refractivity contribution in [3.8, 4) is 0 Å². The van der Waals surface area contributed by atoms with E-state index in [0.29, 0.717) is 6.54 Å². The monoisotopic (exact) mass is 235 g/mol. The van der Waals surface area contributed by atoms with Gasteiger partial charge < -0.3 is 10.4 Å². The SMILES string of the molecule is Cc1ncc(NCC2(O)CCCCC2)nc1C. The number of nitrogens with one attached hydrogen (secondary N) is 1. The van der Waals surface area contributed by atoms with Crippen LogP contribution >= 0.6 is 0 Å². The van der Waals surface area contributed by atoms with Gasteiger partial charge in [0, 0.05) is 6.54 Å². The molecule has 0 bridgehead atoms. The van der Waals surface area contributed by atoms with Crippen LogP contribution in [0.4, 0.5) is 5.82 Å². The summed E-state index contributed by atoms with van der Waals surface area (Å²) in [4.78, 5) is 8.66. The van der Waals surface area contributed by atoms with Gasteiger partial charge in [0.15, 0.2) is 0 Å². The van der Waals surface area contributed by atoms with E-state index in [1.54, 1.807) is 6.20 Å². The van der Waals surface area contributed by atoms with E-state index in [2.05, 4.69) is 15.3 Å². The van der Waals surface area contributed by atoms with Crippen molar-refractivity contribution in [2.45, 2.75) is 51.6 Å². The maximum absolute atomic E-state index is 10.3. The predicted octanol–water partition coefficient (Wildman–Crippen LogP) is 2.20. The fraction of sp³-hybridized carbons (Fsp3) is 0.692. The van der Waals surface area contributed by atoms with E-state index in [1.165, 1.54) is 6.42 Å². The summed E-state index contributed by atoms with van der Waals surface area (Å²) in [5.74, 6) is 0.757. The van der Waals surface area contributed by atoms with Crippen LogP contribution in [0.2, 0.25) is 0 Å². The number of rotatable bonds is 3. The second kappa shape index (κ2) is 5.00. The molecule has 1 aromatic rings. The van der Waals surface area contributed by atoms with Gasteiger partial charge in [0.1, 0.15) is 5.82 Å². The molecule has 94 valence electrons. The third-order valence-electron chi connectivity index (χ3n) is 3.58. The standard InChI is InChI=1S/C13H21N3O/c1-10-11(2)16-12(8-14-10)15-9-13(17)6-4-3-5-7-13/h8,17H,3-7,9H2,1-2H3,(H,15,16). The largest absolute Gasteiger partial charge is 0.388 e. The first kappa shape index (κ1) is 12.3. The van der Waals surface area contributed by atoms with E-state index in [9.17, 15) is 5.11 Å². The second-order valence-electron chi connectivity index (χ2n) is 5.06. The second-order valence-corrected chi connectivity index (χ2v) is 5.06. The highest BCUT2D eigenvalue weighted by molar-refractivity contribution is 5.33. The number of aliphatic hydroxyl groups is 1. The number of anilines is 1. The predicted molar refractivity (Wildman–Crippen MR) is 68.0 cm³/mol. The van der Waals surface area contributed by atoms with Crippen molar-refractivity contribution < 1.29 is 5.11 Å². The van der Waals surface area contributed by atoms with Crippen LogP contribution in [0.15, 0.2) is 6.20 Å². The Bertz CT molecular complexity index is 386. The Kier molecular flexibility index (Phi) is 3.62. The molecule has 0 atom stereocenters. The fourth-order valence-electron chi connectivity index (χ4n) is 2.27. The van der Waals surface area contributed by atoms with Crippen LogP contribution in [-0.4, -0.2) is 27.2 Å². The highest BCUT2D eigenvalue weighted by atomic mass is 16.3. The van der Waals surface area contributed by atoms with Gasteiger partial charge >= 0.3 is 0 Å². The molecule has 4 heteroatoms. The normalized spacial score (nSPS) is 19.0. The van der Waals surface area contributed by atoms with Crippen LogP contribution in [0.3, 0.4) is 0 Å². The van der Waals surface area contributed by atoms with Gasteiger partial charge in [-0.15, -0.1) is 0 Å². The van der Waals surface area contributed by atoms with Crippen LogP contribution in [-0.2, 0) is 0 Å². The van der Waals surface area contributed by atoms with Crippen molar-refractivity contribution in [3.63, 3.8) is 0 Å². The van der Waals surface area contributed by atoms with Gasteiger partial charge in [0.2, 0.25) is 0 Å². The molecule has 0 unspecified atom stereocenters. The third kappa shape index (κ3) is 3.16. The lowest BCUT2D eigenvalue weighted by molar-refractivity contribution is 0.0166. The lowest BCUT2D eigenvalue weighted by Crippen LogP contribution is -2.39. The van der Waals surface area contributed by atoms with Crippen LogP contribution in [0.1, 0.15) is 43.5 Å². The first-order valence-corrected chi connectivity index (χ1v) is 6.36. The Labute approximate surface area is 102 Å². The molecule has 0 spiro atoms. The fourth-order valence-corrected chi connectivity index (χ4v) is 2.27. The maximum atomic E-state index is 10.3. The van der Waals surface area contributed by atoms with Gasteiger partial charge in [-0.05, 0) is 26.7 Å². The minimum absolute atomic E-state index is 0.557. The molecular weight excluding hydrogens is 214 g/mol. The molecule has 2 rings (SSSR count). The van der Waals surface area contributed by atoms with Gasteiger partial charge in [0.25, 0.3) is 0 Å². The Balaban J connectivity index is 1.94. The quantitative estimate of drug-likeness (QED) is 0.843. The van der Waals surface area contributed by atoms with Gasteiger partial charge in [-0.25, -0.2) is 4.98 Å². The third-order valence-corrected chi connectivity index (χ3v) is 3.58. The molecule has 0 amide bonds. The molecule has 1 fully saturated rings. The average Bonchev–Trinajstić information content (AvgIpc) is 2.32. The zero-order chi connectivity index (χ0) is 12.3. The molecule has 1 saturated carbocycles. The zero-order valence-corrected chi connectivity index (χ0v) is 10.7. The molecule has 1 aliphatic rings. The lowest BCUT2D eigenvalue weighted by Gasteiger charge is -2.32. The van der Waals surface area contributed by atoms with Crippen LogP contribution in [0.5, 0.6) is 0 Å². The highest BCUT2D eigenvalue weighted by Gasteiger charge is 2.28. The maximum Gasteiger partial charge on any atom is 0.144 e. The number of hydrogen-bond donors (Lipinski definition) is 2. The molecule has 0 aliphatic heterocycles. The summed E-state index contributed by atoms with van der Waals surface area (Å²) in [6.07, 6.45) is 6.99. The Hall–Kier alpha value is -1.16. The van der Waals surface area contributed by atoms with E-state index in [-0.39, 0.29) is 0 Å². The van der Waals surface area contributed by atoms with Gasteiger partial charge in [-0.3, -0.25) is 4.98 Å². The molecule has 0 saturated heterocycles. The van der Waals surface area contributed by atoms with E-state index in [4.69, 9.17) is 0 Å². The number of aromatic nitrogens is 2. The minimum Gasteiger partial charge on any atom is -0.388 e. The topological polar surface area (TPSA) is 58.0 Å². The molecule has 1 heterocycles. The molecule has 0 aromatic carbocycles. The Morgan fingerprint density at radius 2 is 1.94 bits per heavy atom. The summed E-state index contributed by atoms with van der Waals surface area (Å²) < 4.78 is 0. The van der Waals surface area contributed by atoms with Crippen molar-refractivity contribution in [2.75, 3.05) is 11.9 Å². The van der Waals surface area contributed by atoms with E-state index in [0.717, 1.165) is 42.9 Å². The van der Waals surface area contributed by atoms with Gasteiger partial charge in [-0.2, -0.15) is 0 Å². The van der Waals surface area contributed by atoms with Crippen molar-refractivity contribution in [1.29, 1.82) is 0 Å². The van der Waals surface area contributed by atoms with Crippen molar-refractivity contribution >= 4 is 5.82 Å². The molecule has 1 aromatic heterocycles. The summed E-state index contributed by atoms with van der Waals surface area (Å²) in [5.41, 5.74) is 1.33.